The van der Waals surface area contributed by atoms with Crippen LogP contribution >= 0.6 is 0 Å². The smallest absolute Gasteiger partial charge is 0.403 e. The maximum atomic E-state index is 6.43. The molecule has 2 aliphatic rings. The van der Waals surface area contributed by atoms with Crippen LogP contribution in [0.15, 0.2) is 48.8 Å². The fourth-order valence-corrected chi connectivity index (χ4v) is 4.53. The Hall–Kier alpha value is -1.72. The molecule has 2 aromatic rings. The van der Waals surface area contributed by atoms with E-state index in [2.05, 4.69) is 61.9 Å². The monoisotopic (exact) mass is 378 g/mol. The highest BCUT2D eigenvalue weighted by molar-refractivity contribution is 6.47. The first-order valence-corrected chi connectivity index (χ1v) is 10.5. The van der Waals surface area contributed by atoms with Crippen molar-refractivity contribution < 1.29 is 9.31 Å². The molecule has 0 spiro atoms. The molecule has 0 N–H and O–H groups in total. The molecule has 1 aliphatic heterocycles. The summed E-state index contributed by atoms with van der Waals surface area (Å²) in [5.41, 5.74) is 1.79. The maximum Gasteiger partial charge on any atom is 0.461 e. The molecule has 4 nitrogen and oxygen atoms in total. The molecule has 3 heterocycles. The Balaban J connectivity index is 1.60. The zero-order chi connectivity index (χ0) is 19.8. The van der Waals surface area contributed by atoms with Gasteiger partial charge in [-0.15, -0.1) is 0 Å². The highest BCUT2D eigenvalue weighted by Crippen LogP contribution is 2.48. The molecule has 2 aromatic heterocycles. The largest absolute Gasteiger partial charge is 0.461 e. The van der Waals surface area contributed by atoms with Crippen LogP contribution in [-0.2, 0) is 9.31 Å². The second-order valence-corrected chi connectivity index (χ2v) is 9.34. The standard InChI is InChI=1S/C23H31BN2O2/c1-22(2)23(3,4)28-24(27-22)19-12-11-17(20-9-5-7-13-25-20)15-18(16-19)21-10-6-8-14-26-21/h5-10,13-14,17-19H,11-12,15-16H2,1-4H3. The lowest BCUT2D eigenvalue weighted by molar-refractivity contribution is 0.00578. The summed E-state index contributed by atoms with van der Waals surface area (Å²) in [4.78, 5) is 9.35. The van der Waals surface area contributed by atoms with E-state index in [1.165, 1.54) is 11.4 Å². The number of hydrogen-bond donors (Lipinski definition) is 0. The number of hydrogen-bond acceptors (Lipinski definition) is 4. The van der Waals surface area contributed by atoms with Crippen molar-refractivity contribution in [2.45, 2.75) is 82.2 Å². The predicted molar refractivity (Wildman–Crippen MR) is 112 cm³/mol. The average Bonchev–Trinajstić information content (AvgIpc) is 2.84. The van der Waals surface area contributed by atoms with Gasteiger partial charge in [0.1, 0.15) is 0 Å². The molecular weight excluding hydrogens is 347 g/mol. The van der Waals surface area contributed by atoms with Gasteiger partial charge in [-0.2, -0.15) is 0 Å². The summed E-state index contributed by atoms with van der Waals surface area (Å²) < 4.78 is 12.9. The Labute approximate surface area is 169 Å². The zero-order valence-electron chi connectivity index (χ0n) is 17.5. The molecule has 1 saturated heterocycles. The normalized spacial score (nSPS) is 29.4. The molecule has 0 aromatic carbocycles. The van der Waals surface area contributed by atoms with Crippen LogP contribution in [0.5, 0.6) is 0 Å². The fourth-order valence-electron chi connectivity index (χ4n) is 4.53. The number of aromatic nitrogens is 2. The summed E-state index contributed by atoms with van der Waals surface area (Å²) in [6.45, 7) is 8.54. The van der Waals surface area contributed by atoms with Gasteiger partial charge in [-0.05, 0) is 77.0 Å². The SMILES string of the molecule is CC1(C)OB(C2CCC(c3ccccn3)CC(c3ccccn3)C2)OC1(C)C. The molecule has 4 rings (SSSR count). The van der Waals surface area contributed by atoms with Gasteiger partial charge in [-0.3, -0.25) is 9.97 Å². The Morgan fingerprint density at radius 2 is 1.36 bits per heavy atom. The molecular formula is C23H31BN2O2. The lowest BCUT2D eigenvalue weighted by atomic mass is 9.66. The van der Waals surface area contributed by atoms with Crippen molar-refractivity contribution in [3.05, 3.63) is 60.2 Å². The average molecular weight is 378 g/mol. The summed E-state index contributed by atoms with van der Waals surface area (Å²) in [5, 5.41) is 0. The van der Waals surface area contributed by atoms with Crippen LogP contribution in [0.1, 0.15) is 76.6 Å². The summed E-state index contributed by atoms with van der Waals surface area (Å²) in [5.74, 6) is 1.20. The van der Waals surface area contributed by atoms with E-state index >= 15 is 0 Å². The van der Waals surface area contributed by atoms with Crippen molar-refractivity contribution in [2.75, 3.05) is 0 Å². The van der Waals surface area contributed by atoms with E-state index in [0.29, 0.717) is 17.7 Å². The molecule has 28 heavy (non-hydrogen) atoms. The quantitative estimate of drug-likeness (QED) is 0.531. The van der Waals surface area contributed by atoms with Gasteiger partial charge in [0.05, 0.1) is 11.2 Å². The molecule has 3 atom stereocenters. The minimum absolute atomic E-state index is 0.154. The molecule has 1 saturated carbocycles. The van der Waals surface area contributed by atoms with E-state index in [1.54, 1.807) is 0 Å². The minimum atomic E-state index is -0.287. The van der Waals surface area contributed by atoms with Crippen molar-refractivity contribution in [3.8, 4) is 0 Å². The van der Waals surface area contributed by atoms with Gasteiger partial charge in [-0.25, -0.2) is 0 Å². The summed E-state index contributed by atoms with van der Waals surface area (Å²) in [7, 11) is -0.154. The van der Waals surface area contributed by atoms with Crippen molar-refractivity contribution >= 4 is 7.12 Å². The van der Waals surface area contributed by atoms with Crippen LogP contribution in [0.3, 0.4) is 0 Å². The predicted octanol–water partition coefficient (Wildman–Crippen LogP) is 5.38. The summed E-state index contributed by atoms with van der Waals surface area (Å²) in [6, 6.07) is 12.5. The van der Waals surface area contributed by atoms with Gasteiger partial charge in [0.25, 0.3) is 0 Å². The van der Waals surface area contributed by atoms with E-state index in [4.69, 9.17) is 9.31 Å². The molecule has 1 aliphatic carbocycles. The Bertz CT molecular complexity index is 766. The Kier molecular flexibility index (Phi) is 5.32. The first kappa shape index (κ1) is 19.6. The Morgan fingerprint density at radius 3 is 1.89 bits per heavy atom. The number of nitrogens with zero attached hydrogens (tertiary/aromatic N) is 2. The minimum Gasteiger partial charge on any atom is -0.403 e. The van der Waals surface area contributed by atoms with Crippen molar-refractivity contribution in [3.63, 3.8) is 0 Å². The van der Waals surface area contributed by atoms with Crippen LogP contribution in [-0.4, -0.2) is 28.3 Å². The third-order valence-corrected chi connectivity index (χ3v) is 6.91. The topological polar surface area (TPSA) is 44.2 Å². The highest BCUT2D eigenvalue weighted by atomic mass is 16.7. The molecule has 0 amide bonds. The number of rotatable bonds is 3. The molecule has 0 radical (unpaired) electrons. The van der Waals surface area contributed by atoms with E-state index < -0.39 is 0 Å². The van der Waals surface area contributed by atoms with Crippen LogP contribution in [0.2, 0.25) is 5.82 Å². The van der Waals surface area contributed by atoms with Gasteiger partial charge in [0.15, 0.2) is 0 Å². The van der Waals surface area contributed by atoms with Gasteiger partial charge < -0.3 is 9.31 Å². The third kappa shape index (κ3) is 3.88. The van der Waals surface area contributed by atoms with Crippen LogP contribution in [0, 0.1) is 0 Å². The summed E-state index contributed by atoms with van der Waals surface area (Å²) >= 11 is 0. The van der Waals surface area contributed by atoms with E-state index in [0.717, 1.165) is 25.7 Å². The molecule has 2 fully saturated rings. The third-order valence-electron chi connectivity index (χ3n) is 6.91. The lowest BCUT2D eigenvalue weighted by Crippen LogP contribution is -2.41. The Morgan fingerprint density at radius 1 is 0.786 bits per heavy atom. The maximum absolute atomic E-state index is 6.43. The first-order chi connectivity index (χ1) is 13.4. The first-order valence-electron chi connectivity index (χ1n) is 10.5. The summed E-state index contributed by atoms with van der Waals surface area (Å²) in [6.07, 6.45) is 8.11. The fraction of sp³-hybridized carbons (Fsp3) is 0.565. The zero-order valence-corrected chi connectivity index (χ0v) is 17.5. The van der Waals surface area contributed by atoms with Crippen LogP contribution < -0.4 is 0 Å². The van der Waals surface area contributed by atoms with Crippen molar-refractivity contribution in [2.24, 2.45) is 0 Å². The van der Waals surface area contributed by atoms with E-state index in [1.807, 2.05) is 24.5 Å². The lowest BCUT2D eigenvalue weighted by Gasteiger charge is -2.32. The van der Waals surface area contributed by atoms with E-state index in [9.17, 15) is 0 Å². The molecule has 0 bridgehead atoms. The van der Waals surface area contributed by atoms with Gasteiger partial charge >= 0.3 is 7.12 Å². The van der Waals surface area contributed by atoms with Gasteiger partial charge in [-0.1, -0.05) is 18.6 Å². The molecule has 5 heteroatoms. The highest BCUT2D eigenvalue weighted by Gasteiger charge is 2.54. The van der Waals surface area contributed by atoms with Crippen molar-refractivity contribution in [1.82, 2.24) is 9.97 Å². The van der Waals surface area contributed by atoms with Crippen LogP contribution in [0.4, 0.5) is 0 Å². The second kappa shape index (κ2) is 7.60. The van der Waals surface area contributed by atoms with E-state index in [-0.39, 0.29) is 18.3 Å². The van der Waals surface area contributed by atoms with Gasteiger partial charge in [0, 0.05) is 35.6 Å². The van der Waals surface area contributed by atoms with Gasteiger partial charge in [0.2, 0.25) is 0 Å². The van der Waals surface area contributed by atoms with Crippen molar-refractivity contribution in [1.29, 1.82) is 0 Å². The molecule has 148 valence electrons. The van der Waals surface area contributed by atoms with Crippen LogP contribution in [0.25, 0.3) is 0 Å². The molecule has 3 unspecified atom stereocenters. The number of pyridine rings is 2. The second-order valence-electron chi connectivity index (χ2n) is 9.34.